The van der Waals surface area contributed by atoms with Gasteiger partial charge < -0.3 is 16.0 Å². The van der Waals surface area contributed by atoms with E-state index in [-0.39, 0.29) is 42.0 Å². The third kappa shape index (κ3) is 6.87. The van der Waals surface area contributed by atoms with Crippen LogP contribution >= 0.6 is 0 Å². The van der Waals surface area contributed by atoms with E-state index in [0.29, 0.717) is 23.7 Å². The minimum Gasteiger partial charge on any atom is -0.324 e. The highest BCUT2D eigenvalue weighted by molar-refractivity contribution is 6.23. The minimum atomic E-state index is -1.18. The molecule has 14 heteroatoms. The van der Waals surface area contributed by atoms with Gasteiger partial charge in [-0.05, 0) is 73.0 Å². The lowest BCUT2D eigenvalue weighted by Crippen LogP contribution is -2.54. The number of halogens is 1. The highest BCUT2D eigenvalue weighted by atomic mass is 19.1. The van der Waals surface area contributed by atoms with Crippen LogP contribution in [0.4, 0.5) is 21.7 Å². The molecular formula is C38H31FN8O5. The van der Waals surface area contributed by atoms with Gasteiger partial charge in [0.25, 0.3) is 17.7 Å². The first-order valence-electron chi connectivity index (χ1n) is 16.4. The Morgan fingerprint density at radius 1 is 0.962 bits per heavy atom. The lowest BCUT2D eigenvalue weighted by Gasteiger charge is -2.27. The predicted octanol–water partition coefficient (Wildman–Crippen LogP) is 4.67. The molecule has 7 rings (SSSR count). The summed E-state index contributed by atoms with van der Waals surface area (Å²) < 4.78 is 15.5. The third-order valence-corrected chi connectivity index (χ3v) is 8.84. The van der Waals surface area contributed by atoms with E-state index < -0.39 is 35.5 Å². The Labute approximate surface area is 296 Å². The van der Waals surface area contributed by atoms with E-state index in [1.807, 2.05) is 25.1 Å². The molecule has 1 unspecified atom stereocenters. The van der Waals surface area contributed by atoms with Crippen molar-refractivity contribution in [2.24, 2.45) is 0 Å². The van der Waals surface area contributed by atoms with Gasteiger partial charge in [0, 0.05) is 66.2 Å². The quantitative estimate of drug-likeness (QED) is 0.150. The second-order valence-electron chi connectivity index (χ2n) is 12.3. The van der Waals surface area contributed by atoms with Crippen molar-refractivity contribution in [3.63, 3.8) is 0 Å². The summed E-state index contributed by atoms with van der Waals surface area (Å²) in [7, 11) is 0. The number of imide groups is 2. The highest BCUT2D eigenvalue weighted by Gasteiger charge is 2.46. The van der Waals surface area contributed by atoms with Crippen LogP contribution in [0.25, 0.3) is 11.3 Å². The van der Waals surface area contributed by atoms with Gasteiger partial charge in [0.15, 0.2) is 0 Å². The molecule has 4 N–H and O–H groups in total. The largest absolute Gasteiger partial charge is 0.324 e. The Balaban J connectivity index is 0.950. The number of carbonyl (C=O) groups is 5. The van der Waals surface area contributed by atoms with Gasteiger partial charge in [-0.3, -0.25) is 39.2 Å². The zero-order valence-electron chi connectivity index (χ0n) is 27.8. The van der Waals surface area contributed by atoms with E-state index in [9.17, 15) is 24.0 Å². The molecule has 4 heterocycles. The van der Waals surface area contributed by atoms with Crippen LogP contribution in [0.2, 0.25) is 0 Å². The molecule has 260 valence electrons. The summed E-state index contributed by atoms with van der Waals surface area (Å²) in [5.74, 6) is -3.67. The summed E-state index contributed by atoms with van der Waals surface area (Å²) in [5.41, 5.74) is 4.72. The molecule has 0 saturated carbocycles. The second-order valence-corrected chi connectivity index (χ2v) is 12.3. The Morgan fingerprint density at radius 3 is 2.56 bits per heavy atom. The lowest BCUT2D eigenvalue weighted by molar-refractivity contribution is -0.136. The average Bonchev–Trinajstić information content (AvgIpc) is 3.40. The molecule has 52 heavy (non-hydrogen) atoms. The SMILES string of the molecule is Cc1ccc(NC(=O)c2ccc(CNCc3ccc4c(c3F)C(=O)N(C3CCC(=O)NC3=O)C4=O)cc2)cc1Nc1nccc(-c2cccnc2)n1. The number of piperidine rings is 1. The Kier molecular flexibility index (Phi) is 9.29. The molecule has 2 aliphatic rings. The molecule has 3 aromatic carbocycles. The van der Waals surface area contributed by atoms with Gasteiger partial charge >= 0.3 is 0 Å². The summed E-state index contributed by atoms with van der Waals surface area (Å²) in [4.78, 5) is 76.8. The number of hydrogen-bond acceptors (Lipinski definition) is 10. The molecule has 1 saturated heterocycles. The molecule has 0 spiro atoms. The van der Waals surface area contributed by atoms with Crippen molar-refractivity contribution in [1.29, 1.82) is 0 Å². The number of rotatable bonds is 10. The maximum atomic E-state index is 15.5. The number of benzene rings is 3. The van der Waals surface area contributed by atoms with E-state index in [4.69, 9.17) is 0 Å². The van der Waals surface area contributed by atoms with Crippen molar-refractivity contribution in [1.82, 2.24) is 30.5 Å². The lowest BCUT2D eigenvalue weighted by atomic mass is 10.0. The first-order chi connectivity index (χ1) is 25.2. The molecule has 0 radical (unpaired) electrons. The van der Waals surface area contributed by atoms with Crippen LogP contribution in [0.1, 0.15) is 60.6 Å². The summed E-state index contributed by atoms with van der Waals surface area (Å²) in [5, 5.41) is 11.4. The monoisotopic (exact) mass is 698 g/mol. The van der Waals surface area contributed by atoms with Crippen LogP contribution in [-0.2, 0) is 22.7 Å². The number of amides is 5. The third-order valence-electron chi connectivity index (χ3n) is 8.84. The second kappa shape index (κ2) is 14.3. The number of aromatic nitrogens is 3. The number of nitrogens with one attached hydrogen (secondary N) is 4. The summed E-state index contributed by atoms with van der Waals surface area (Å²) in [6.07, 6.45) is 5.04. The van der Waals surface area contributed by atoms with Crippen molar-refractivity contribution in [3.8, 4) is 11.3 Å². The van der Waals surface area contributed by atoms with Crippen LogP contribution in [0.15, 0.2) is 91.4 Å². The number of hydrogen-bond donors (Lipinski definition) is 4. The number of carbonyl (C=O) groups excluding carboxylic acids is 5. The normalized spacial score (nSPS) is 15.3. The Morgan fingerprint density at radius 2 is 1.79 bits per heavy atom. The first kappa shape index (κ1) is 33.8. The topological polar surface area (TPSA) is 175 Å². The fraction of sp³-hybridized carbons (Fsp3) is 0.158. The van der Waals surface area contributed by atoms with Crippen LogP contribution in [0, 0.1) is 12.7 Å². The maximum Gasteiger partial charge on any atom is 0.265 e. The minimum absolute atomic E-state index is 0.0172. The smallest absolute Gasteiger partial charge is 0.265 e. The standard InChI is InChI=1S/C38H31FN8O5/c1-21-4-10-26(17-29(21)45-38-42-16-14-28(44-38)24-3-2-15-40-19-24)43-34(49)23-7-5-22(6-8-23)18-41-20-25-9-11-27-32(33(25)39)37(52)47(36(27)51)30-12-13-31(48)46-35(30)50/h2-11,14-17,19,30,41H,12-13,18,20H2,1H3,(H,43,49)(H,42,44,45)(H,46,48,50). The van der Waals surface area contributed by atoms with Gasteiger partial charge in [0.1, 0.15) is 11.9 Å². The van der Waals surface area contributed by atoms with Gasteiger partial charge in [-0.25, -0.2) is 14.4 Å². The Bertz CT molecular complexity index is 2250. The van der Waals surface area contributed by atoms with E-state index in [2.05, 4.69) is 36.2 Å². The number of fused-ring (bicyclic) bond motifs is 1. The van der Waals surface area contributed by atoms with Gasteiger partial charge in [-0.1, -0.05) is 24.3 Å². The number of nitrogens with zero attached hydrogens (tertiary/aromatic N) is 4. The van der Waals surface area contributed by atoms with Crippen LogP contribution in [-0.4, -0.2) is 55.4 Å². The van der Waals surface area contributed by atoms with E-state index in [1.165, 1.54) is 12.1 Å². The fourth-order valence-electron chi connectivity index (χ4n) is 6.06. The van der Waals surface area contributed by atoms with Gasteiger partial charge in [-0.15, -0.1) is 0 Å². The van der Waals surface area contributed by atoms with Crippen molar-refractivity contribution >= 4 is 46.9 Å². The summed E-state index contributed by atoms with van der Waals surface area (Å²) >= 11 is 0. The molecule has 2 aromatic heterocycles. The van der Waals surface area contributed by atoms with Crippen molar-refractivity contribution < 1.29 is 28.4 Å². The van der Waals surface area contributed by atoms with E-state index in [1.54, 1.807) is 61.1 Å². The molecule has 0 aliphatic carbocycles. The Hall–Kier alpha value is -6.67. The molecule has 5 aromatic rings. The van der Waals surface area contributed by atoms with E-state index in [0.717, 1.165) is 33.0 Å². The molecule has 0 bridgehead atoms. The average molecular weight is 699 g/mol. The van der Waals surface area contributed by atoms with E-state index >= 15 is 4.39 Å². The zero-order chi connectivity index (χ0) is 36.4. The molecule has 1 fully saturated rings. The van der Waals surface area contributed by atoms with Gasteiger partial charge in [0.05, 0.1) is 16.8 Å². The molecular weight excluding hydrogens is 667 g/mol. The van der Waals surface area contributed by atoms with Crippen LogP contribution in [0.3, 0.4) is 0 Å². The summed E-state index contributed by atoms with van der Waals surface area (Å²) in [6, 6.07) is 19.6. The van der Waals surface area contributed by atoms with Crippen LogP contribution in [0.5, 0.6) is 0 Å². The maximum absolute atomic E-state index is 15.5. The van der Waals surface area contributed by atoms with Gasteiger partial charge in [0.2, 0.25) is 17.8 Å². The molecule has 1 atom stereocenters. The number of aryl methyl sites for hydroxylation is 1. The summed E-state index contributed by atoms with van der Waals surface area (Å²) in [6.45, 7) is 2.30. The van der Waals surface area contributed by atoms with Gasteiger partial charge in [-0.2, -0.15) is 0 Å². The molecule has 5 amide bonds. The number of pyridine rings is 1. The highest BCUT2D eigenvalue weighted by Crippen LogP contribution is 2.31. The predicted molar refractivity (Wildman–Crippen MR) is 188 cm³/mol. The van der Waals surface area contributed by atoms with Crippen molar-refractivity contribution in [2.75, 3.05) is 10.6 Å². The molecule has 13 nitrogen and oxygen atoms in total. The fourth-order valence-corrected chi connectivity index (χ4v) is 6.06. The van der Waals surface area contributed by atoms with Crippen molar-refractivity contribution in [2.45, 2.75) is 38.9 Å². The number of anilines is 3. The molecule has 2 aliphatic heterocycles. The first-order valence-corrected chi connectivity index (χ1v) is 16.4. The zero-order valence-corrected chi connectivity index (χ0v) is 27.8. The van der Waals surface area contributed by atoms with Crippen LogP contribution < -0.4 is 21.3 Å². The van der Waals surface area contributed by atoms with Crippen molar-refractivity contribution in [3.05, 3.63) is 131 Å².